The van der Waals surface area contributed by atoms with Crippen molar-refractivity contribution in [2.45, 2.75) is 72.6 Å². The third-order valence-corrected chi connectivity index (χ3v) is 2.67. The molecule has 0 amide bonds. The lowest BCUT2D eigenvalue weighted by Crippen LogP contribution is -2.49. The third kappa shape index (κ3) is 6.97. The average molecular weight is 259 g/mol. The van der Waals surface area contributed by atoms with Gasteiger partial charge in [0.25, 0.3) is 0 Å². The molecule has 18 heavy (non-hydrogen) atoms. The monoisotopic (exact) mass is 259 g/mol. The number of aliphatic hydroxyl groups is 1. The first-order valence-corrected chi connectivity index (χ1v) is 6.57. The van der Waals surface area contributed by atoms with Gasteiger partial charge in [-0.1, -0.05) is 20.8 Å². The van der Waals surface area contributed by atoms with Gasteiger partial charge < -0.3 is 15.2 Å². The molecule has 4 nitrogen and oxygen atoms in total. The molecule has 2 unspecified atom stereocenters. The fraction of sp³-hybridized carbons (Fsp3) is 0.929. The Hall–Kier alpha value is -0.610. The van der Waals surface area contributed by atoms with E-state index in [1.165, 1.54) is 0 Å². The van der Waals surface area contributed by atoms with E-state index < -0.39 is 5.60 Å². The molecule has 0 bridgehead atoms. The molecular weight excluding hydrogens is 230 g/mol. The van der Waals surface area contributed by atoms with E-state index in [4.69, 9.17) is 9.84 Å². The van der Waals surface area contributed by atoms with E-state index in [0.29, 0.717) is 6.42 Å². The quantitative estimate of drug-likeness (QED) is 0.742. The van der Waals surface area contributed by atoms with Crippen LogP contribution in [0.5, 0.6) is 0 Å². The van der Waals surface area contributed by atoms with Crippen molar-refractivity contribution in [3.63, 3.8) is 0 Å². The molecule has 0 spiro atoms. The largest absolute Gasteiger partial charge is 0.459 e. The molecule has 4 heteroatoms. The first-order chi connectivity index (χ1) is 7.97. The number of nitrogens with one attached hydrogen (secondary N) is 1. The van der Waals surface area contributed by atoms with Gasteiger partial charge in [0.05, 0.1) is 0 Å². The molecule has 0 rings (SSSR count). The van der Waals surface area contributed by atoms with Crippen LogP contribution in [0, 0.1) is 5.41 Å². The lowest BCUT2D eigenvalue weighted by Gasteiger charge is -2.34. The minimum absolute atomic E-state index is 0.0149. The van der Waals surface area contributed by atoms with Crippen molar-refractivity contribution in [1.82, 2.24) is 5.32 Å². The van der Waals surface area contributed by atoms with Gasteiger partial charge in [0.2, 0.25) is 0 Å². The van der Waals surface area contributed by atoms with E-state index in [2.05, 4.69) is 26.1 Å². The van der Waals surface area contributed by atoms with Crippen LogP contribution in [-0.4, -0.2) is 35.4 Å². The molecular formula is C14H29NO3. The number of esters is 1. The molecule has 2 atom stereocenters. The van der Waals surface area contributed by atoms with E-state index in [9.17, 15) is 4.79 Å². The Bertz CT molecular complexity index is 263. The van der Waals surface area contributed by atoms with Crippen LogP contribution < -0.4 is 5.32 Å². The van der Waals surface area contributed by atoms with E-state index in [1.54, 1.807) is 6.92 Å². The molecule has 0 aromatic carbocycles. The summed E-state index contributed by atoms with van der Waals surface area (Å²) in [5.74, 6) is -0.255. The second-order valence-electron chi connectivity index (χ2n) is 6.85. The van der Waals surface area contributed by atoms with E-state index in [-0.39, 0.29) is 30.1 Å². The van der Waals surface area contributed by atoms with Gasteiger partial charge in [0.1, 0.15) is 11.6 Å². The van der Waals surface area contributed by atoms with Crippen LogP contribution in [0.25, 0.3) is 0 Å². The van der Waals surface area contributed by atoms with Gasteiger partial charge in [-0.05, 0) is 39.5 Å². The van der Waals surface area contributed by atoms with Crippen molar-refractivity contribution in [3.05, 3.63) is 0 Å². The molecule has 0 saturated carbocycles. The summed E-state index contributed by atoms with van der Waals surface area (Å²) in [6, 6.07) is -0.301. The first-order valence-electron chi connectivity index (χ1n) is 6.57. The summed E-state index contributed by atoms with van der Waals surface area (Å²) in [6.07, 6.45) is 0.622. The lowest BCUT2D eigenvalue weighted by molar-refractivity contribution is -0.157. The predicted molar refractivity (Wildman–Crippen MR) is 73.4 cm³/mol. The van der Waals surface area contributed by atoms with E-state index in [0.717, 1.165) is 0 Å². The summed E-state index contributed by atoms with van der Waals surface area (Å²) in [5.41, 5.74) is -0.486. The molecule has 0 aliphatic rings. The van der Waals surface area contributed by atoms with Gasteiger partial charge in [-0.2, -0.15) is 0 Å². The zero-order valence-electron chi connectivity index (χ0n) is 12.8. The number of rotatable bonds is 5. The third-order valence-electron chi connectivity index (χ3n) is 2.67. The van der Waals surface area contributed by atoms with Crippen LogP contribution in [0.4, 0.5) is 0 Å². The molecule has 0 fully saturated rings. The van der Waals surface area contributed by atoms with Crippen molar-refractivity contribution in [2.75, 3.05) is 6.61 Å². The van der Waals surface area contributed by atoms with Crippen LogP contribution in [-0.2, 0) is 9.53 Å². The molecule has 0 heterocycles. The standard InChI is InChI=1S/C14H29NO3/c1-10(12(17)18-14(5,6)7)15-11(8-9-16)13(2,3)4/h10-11,15-16H,8-9H2,1-7H3. The summed E-state index contributed by atoms with van der Waals surface area (Å²) < 4.78 is 5.33. The Balaban J connectivity index is 4.51. The Morgan fingerprint density at radius 1 is 1.22 bits per heavy atom. The maximum atomic E-state index is 11.9. The minimum atomic E-state index is -0.471. The second kappa shape index (κ2) is 6.53. The second-order valence-corrected chi connectivity index (χ2v) is 6.85. The molecule has 0 aromatic rings. The maximum absolute atomic E-state index is 11.9. The van der Waals surface area contributed by atoms with Gasteiger partial charge in [-0.15, -0.1) is 0 Å². The van der Waals surface area contributed by atoms with Gasteiger partial charge in [-0.3, -0.25) is 4.79 Å². The van der Waals surface area contributed by atoms with E-state index in [1.807, 2.05) is 20.8 Å². The first kappa shape index (κ1) is 17.4. The zero-order chi connectivity index (χ0) is 14.6. The molecule has 0 aromatic heterocycles. The molecule has 2 N–H and O–H groups in total. The topological polar surface area (TPSA) is 58.6 Å². The fourth-order valence-electron chi connectivity index (χ4n) is 1.66. The Labute approximate surface area is 111 Å². The summed E-state index contributed by atoms with van der Waals surface area (Å²) >= 11 is 0. The Kier molecular flexibility index (Phi) is 6.30. The lowest BCUT2D eigenvalue weighted by atomic mass is 9.84. The molecule has 0 aliphatic carbocycles. The van der Waals surface area contributed by atoms with Crippen molar-refractivity contribution in [2.24, 2.45) is 5.41 Å². The van der Waals surface area contributed by atoms with Gasteiger partial charge >= 0.3 is 5.97 Å². The summed E-state index contributed by atoms with van der Waals surface area (Å²) in [5, 5.41) is 12.3. The van der Waals surface area contributed by atoms with Gasteiger partial charge in [-0.25, -0.2) is 0 Å². The molecule has 108 valence electrons. The average Bonchev–Trinajstić information content (AvgIpc) is 2.12. The maximum Gasteiger partial charge on any atom is 0.323 e. The van der Waals surface area contributed by atoms with Crippen LogP contribution in [0.15, 0.2) is 0 Å². The van der Waals surface area contributed by atoms with E-state index >= 15 is 0 Å². The van der Waals surface area contributed by atoms with Crippen molar-refractivity contribution in [1.29, 1.82) is 0 Å². The molecule has 0 radical (unpaired) electrons. The molecule has 0 aliphatic heterocycles. The summed E-state index contributed by atoms with van der Waals surface area (Å²) in [6.45, 7) is 13.7. The SMILES string of the molecule is CC(NC(CCO)C(C)(C)C)C(=O)OC(C)(C)C. The van der Waals surface area contributed by atoms with Crippen LogP contribution in [0.2, 0.25) is 0 Å². The van der Waals surface area contributed by atoms with Crippen molar-refractivity contribution in [3.8, 4) is 0 Å². The number of hydrogen-bond donors (Lipinski definition) is 2. The van der Waals surface area contributed by atoms with Gasteiger partial charge in [0, 0.05) is 12.6 Å². The van der Waals surface area contributed by atoms with Crippen LogP contribution in [0.3, 0.4) is 0 Å². The number of carbonyl (C=O) groups excluding carboxylic acids is 1. The number of carbonyl (C=O) groups is 1. The highest BCUT2D eigenvalue weighted by molar-refractivity contribution is 5.75. The highest BCUT2D eigenvalue weighted by Crippen LogP contribution is 2.22. The highest BCUT2D eigenvalue weighted by atomic mass is 16.6. The van der Waals surface area contributed by atoms with Gasteiger partial charge in [0.15, 0.2) is 0 Å². The van der Waals surface area contributed by atoms with Crippen LogP contribution >= 0.6 is 0 Å². The Morgan fingerprint density at radius 2 is 1.72 bits per heavy atom. The predicted octanol–water partition coefficient (Wildman–Crippen LogP) is 2.10. The smallest absolute Gasteiger partial charge is 0.323 e. The van der Waals surface area contributed by atoms with Crippen molar-refractivity contribution >= 4 is 5.97 Å². The number of ether oxygens (including phenoxy) is 1. The molecule has 0 saturated heterocycles. The minimum Gasteiger partial charge on any atom is -0.459 e. The zero-order valence-corrected chi connectivity index (χ0v) is 12.8. The van der Waals surface area contributed by atoms with Crippen LogP contribution in [0.1, 0.15) is 54.9 Å². The number of aliphatic hydroxyl groups excluding tert-OH is 1. The highest BCUT2D eigenvalue weighted by Gasteiger charge is 2.29. The Morgan fingerprint density at radius 3 is 2.06 bits per heavy atom. The summed E-state index contributed by atoms with van der Waals surface area (Å²) in [7, 11) is 0. The van der Waals surface area contributed by atoms with Crippen molar-refractivity contribution < 1.29 is 14.6 Å². The normalized spacial score (nSPS) is 16.2. The number of hydrogen-bond acceptors (Lipinski definition) is 4. The fourth-order valence-corrected chi connectivity index (χ4v) is 1.66. The summed E-state index contributed by atoms with van der Waals surface area (Å²) in [4.78, 5) is 11.9.